The molecule has 0 radical (unpaired) electrons. The van der Waals surface area contributed by atoms with Crippen molar-refractivity contribution in [1.82, 2.24) is 0 Å². The van der Waals surface area contributed by atoms with Crippen LogP contribution in [0.1, 0.15) is 18.9 Å². The van der Waals surface area contributed by atoms with Gasteiger partial charge in [0, 0.05) is 12.5 Å². The first kappa shape index (κ1) is 17.4. The Hall–Kier alpha value is -1.69. The molecule has 0 aliphatic rings. The van der Waals surface area contributed by atoms with Crippen LogP contribution in [0.5, 0.6) is 0 Å². The van der Waals surface area contributed by atoms with Crippen LogP contribution in [-0.4, -0.2) is 41.6 Å². The second-order valence-electron chi connectivity index (χ2n) is 4.57. The molecule has 0 unspecified atom stereocenters. The minimum atomic E-state index is -0.912. The normalized spacial score (nSPS) is 14.0. The van der Waals surface area contributed by atoms with Gasteiger partial charge in [0.2, 0.25) is 0 Å². The number of esters is 1. The number of ether oxygens (including phenoxy) is 2. The maximum absolute atomic E-state index is 11.1. The fraction of sp³-hybridized carbons (Fsp3) is 0.438. The third-order valence-electron chi connectivity index (χ3n) is 2.68. The van der Waals surface area contributed by atoms with E-state index in [4.69, 9.17) is 4.74 Å². The number of carbonyl (C=O) groups excluding carboxylic acids is 1. The zero-order valence-electron chi connectivity index (χ0n) is 12.1. The van der Waals surface area contributed by atoms with Crippen LogP contribution in [0, 0.1) is 0 Å². The van der Waals surface area contributed by atoms with Crippen molar-refractivity contribution in [1.29, 1.82) is 0 Å². The molecule has 2 atom stereocenters. The Kier molecular flexibility index (Phi) is 8.35. The summed E-state index contributed by atoms with van der Waals surface area (Å²) in [7, 11) is 0. The van der Waals surface area contributed by atoms with Crippen molar-refractivity contribution in [3.8, 4) is 0 Å². The lowest BCUT2D eigenvalue weighted by molar-refractivity contribution is -0.137. The highest BCUT2D eigenvalue weighted by Gasteiger charge is 2.10. The van der Waals surface area contributed by atoms with Crippen LogP contribution < -0.4 is 0 Å². The summed E-state index contributed by atoms with van der Waals surface area (Å²) in [5.74, 6) is -0.508. The van der Waals surface area contributed by atoms with Crippen molar-refractivity contribution >= 4 is 5.97 Å². The van der Waals surface area contributed by atoms with Crippen molar-refractivity contribution in [2.45, 2.75) is 32.2 Å². The maximum Gasteiger partial charge on any atom is 0.330 e. The van der Waals surface area contributed by atoms with Crippen molar-refractivity contribution in [3.63, 3.8) is 0 Å². The van der Waals surface area contributed by atoms with Gasteiger partial charge in [-0.05, 0) is 18.6 Å². The first-order valence-corrected chi connectivity index (χ1v) is 6.94. The Balaban J connectivity index is 2.20. The molecule has 0 saturated carbocycles. The molecule has 116 valence electrons. The van der Waals surface area contributed by atoms with E-state index in [9.17, 15) is 15.0 Å². The molecular formula is C16H22O5. The smallest absolute Gasteiger partial charge is 0.330 e. The molecule has 5 nitrogen and oxygen atoms in total. The van der Waals surface area contributed by atoms with Gasteiger partial charge in [-0.2, -0.15) is 0 Å². The van der Waals surface area contributed by atoms with E-state index in [-0.39, 0.29) is 19.6 Å². The van der Waals surface area contributed by atoms with Gasteiger partial charge in [-0.1, -0.05) is 30.3 Å². The molecule has 21 heavy (non-hydrogen) atoms. The van der Waals surface area contributed by atoms with Crippen molar-refractivity contribution in [2.24, 2.45) is 0 Å². The topological polar surface area (TPSA) is 76.0 Å². The molecule has 0 saturated heterocycles. The summed E-state index contributed by atoms with van der Waals surface area (Å²) in [6.45, 7) is 2.52. The zero-order valence-corrected chi connectivity index (χ0v) is 12.1. The highest BCUT2D eigenvalue weighted by Crippen LogP contribution is 2.04. The SMILES string of the molecule is CCOC(=O)/C=C/[C@H](O)C[C@@H](O)COCc1ccccc1. The lowest BCUT2D eigenvalue weighted by atomic mass is 10.1. The largest absolute Gasteiger partial charge is 0.463 e. The van der Waals surface area contributed by atoms with Gasteiger partial charge in [0.1, 0.15) is 0 Å². The first-order valence-electron chi connectivity index (χ1n) is 6.94. The average Bonchev–Trinajstić information content (AvgIpc) is 2.46. The van der Waals surface area contributed by atoms with E-state index in [0.29, 0.717) is 6.61 Å². The predicted octanol–water partition coefficient (Wildman–Crippen LogP) is 1.43. The Labute approximate surface area is 124 Å². The minimum Gasteiger partial charge on any atom is -0.463 e. The van der Waals surface area contributed by atoms with Crippen molar-refractivity contribution in [2.75, 3.05) is 13.2 Å². The Bertz CT molecular complexity index is 430. The van der Waals surface area contributed by atoms with Crippen molar-refractivity contribution in [3.05, 3.63) is 48.0 Å². The van der Waals surface area contributed by atoms with Gasteiger partial charge >= 0.3 is 5.97 Å². The Morgan fingerprint density at radius 1 is 1.29 bits per heavy atom. The van der Waals surface area contributed by atoms with E-state index in [1.165, 1.54) is 6.08 Å². The van der Waals surface area contributed by atoms with E-state index in [0.717, 1.165) is 11.6 Å². The van der Waals surface area contributed by atoms with Gasteiger partial charge < -0.3 is 19.7 Å². The fourth-order valence-corrected chi connectivity index (χ4v) is 1.69. The molecule has 1 aromatic carbocycles. The number of benzene rings is 1. The number of hydrogen-bond acceptors (Lipinski definition) is 5. The van der Waals surface area contributed by atoms with Crippen LogP contribution in [-0.2, 0) is 20.9 Å². The molecular weight excluding hydrogens is 272 g/mol. The lowest BCUT2D eigenvalue weighted by Crippen LogP contribution is -2.21. The average molecular weight is 294 g/mol. The standard InChI is InChI=1S/C16H22O5/c1-2-21-16(19)9-8-14(17)10-15(18)12-20-11-13-6-4-3-5-7-13/h3-9,14-15,17-18H,2,10-12H2,1H3/b9-8+/t14-,15+/m0/s1. The summed E-state index contributed by atoms with van der Waals surface area (Å²) in [4.78, 5) is 11.1. The maximum atomic E-state index is 11.1. The number of aliphatic hydroxyl groups is 2. The van der Waals surface area contributed by atoms with E-state index in [1.807, 2.05) is 30.3 Å². The van der Waals surface area contributed by atoms with E-state index >= 15 is 0 Å². The molecule has 2 N–H and O–H groups in total. The monoisotopic (exact) mass is 294 g/mol. The van der Waals surface area contributed by atoms with Gasteiger partial charge in [-0.25, -0.2) is 4.79 Å². The molecule has 5 heteroatoms. The summed E-state index contributed by atoms with van der Waals surface area (Å²) >= 11 is 0. The van der Waals surface area contributed by atoms with Crippen LogP contribution in [0.15, 0.2) is 42.5 Å². The lowest BCUT2D eigenvalue weighted by Gasteiger charge is -2.13. The molecule has 0 heterocycles. The molecule has 0 bridgehead atoms. The number of aliphatic hydroxyl groups excluding tert-OH is 2. The summed E-state index contributed by atoms with van der Waals surface area (Å²) in [5.41, 5.74) is 1.02. The molecule has 0 fully saturated rings. The third kappa shape index (κ3) is 8.24. The zero-order chi connectivity index (χ0) is 15.5. The minimum absolute atomic E-state index is 0.102. The quantitative estimate of drug-likeness (QED) is 0.532. The van der Waals surface area contributed by atoms with E-state index in [2.05, 4.69) is 4.74 Å². The van der Waals surface area contributed by atoms with Crippen LogP contribution in [0.4, 0.5) is 0 Å². The van der Waals surface area contributed by atoms with E-state index < -0.39 is 18.2 Å². The first-order chi connectivity index (χ1) is 10.1. The van der Waals surface area contributed by atoms with Gasteiger partial charge in [0.05, 0.1) is 32.0 Å². The van der Waals surface area contributed by atoms with Gasteiger partial charge in [0.15, 0.2) is 0 Å². The summed E-state index contributed by atoms with van der Waals surface area (Å²) < 4.78 is 10.1. The highest BCUT2D eigenvalue weighted by molar-refractivity contribution is 5.81. The summed E-state index contributed by atoms with van der Waals surface area (Å²) in [6, 6.07) is 9.62. The van der Waals surface area contributed by atoms with Crippen molar-refractivity contribution < 1.29 is 24.5 Å². The highest BCUT2D eigenvalue weighted by atomic mass is 16.5. The van der Waals surface area contributed by atoms with Gasteiger partial charge in [-0.15, -0.1) is 0 Å². The second kappa shape index (κ2) is 10.1. The Morgan fingerprint density at radius 2 is 2.00 bits per heavy atom. The third-order valence-corrected chi connectivity index (χ3v) is 2.68. The van der Waals surface area contributed by atoms with Gasteiger partial charge in [-0.3, -0.25) is 0 Å². The van der Waals surface area contributed by atoms with Crippen LogP contribution in [0.2, 0.25) is 0 Å². The molecule has 0 aromatic heterocycles. The van der Waals surface area contributed by atoms with Crippen LogP contribution >= 0.6 is 0 Å². The molecule has 0 spiro atoms. The van der Waals surface area contributed by atoms with Gasteiger partial charge in [0.25, 0.3) is 0 Å². The molecule has 0 aliphatic carbocycles. The molecule has 0 amide bonds. The summed E-state index contributed by atoms with van der Waals surface area (Å²) in [6.07, 6.45) is 0.856. The molecule has 1 rings (SSSR count). The number of rotatable bonds is 9. The van der Waals surface area contributed by atoms with E-state index in [1.54, 1.807) is 6.92 Å². The van der Waals surface area contributed by atoms with Crippen LogP contribution in [0.25, 0.3) is 0 Å². The molecule has 0 aliphatic heterocycles. The fourth-order valence-electron chi connectivity index (χ4n) is 1.69. The molecule has 1 aromatic rings. The number of carbonyl (C=O) groups is 1. The predicted molar refractivity (Wildman–Crippen MR) is 78.5 cm³/mol. The summed E-state index contributed by atoms with van der Waals surface area (Å²) in [5, 5.41) is 19.4. The van der Waals surface area contributed by atoms with Crippen LogP contribution in [0.3, 0.4) is 0 Å². The Morgan fingerprint density at radius 3 is 2.67 bits per heavy atom. The second-order valence-corrected chi connectivity index (χ2v) is 4.57. The number of hydrogen-bond donors (Lipinski definition) is 2.